The van der Waals surface area contributed by atoms with Gasteiger partial charge >= 0.3 is 0 Å². The van der Waals surface area contributed by atoms with E-state index in [1.54, 1.807) is 42.3 Å². The standard InChI is InChI=1S/C18H15BrClN3O2/c1-25-14-7-4-6-12(9-14)18(24)21-17-15(19)11-23(22-17)10-13-5-2-3-8-16(13)20/h2-9,11H,10H2,1H3,(H,21,22,24). The first-order valence-corrected chi connectivity index (χ1v) is 8.65. The third-order valence-electron chi connectivity index (χ3n) is 3.57. The minimum absolute atomic E-state index is 0.261. The van der Waals surface area contributed by atoms with Crippen LogP contribution in [0.15, 0.2) is 59.2 Å². The number of amides is 1. The Morgan fingerprint density at radius 2 is 2.08 bits per heavy atom. The van der Waals surface area contributed by atoms with Crippen LogP contribution in [-0.2, 0) is 6.54 Å². The zero-order chi connectivity index (χ0) is 17.8. The number of ether oxygens (including phenoxy) is 1. The summed E-state index contributed by atoms with van der Waals surface area (Å²) in [4.78, 5) is 12.4. The van der Waals surface area contributed by atoms with Crippen molar-refractivity contribution in [1.82, 2.24) is 9.78 Å². The number of halogens is 2. The van der Waals surface area contributed by atoms with Crippen molar-refractivity contribution in [2.45, 2.75) is 6.54 Å². The van der Waals surface area contributed by atoms with Gasteiger partial charge in [0.05, 0.1) is 18.1 Å². The molecule has 1 N–H and O–H groups in total. The molecule has 0 aliphatic carbocycles. The lowest BCUT2D eigenvalue weighted by Crippen LogP contribution is -2.13. The molecule has 0 atom stereocenters. The van der Waals surface area contributed by atoms with E-state index in [1.165, 1.54) is 0 Å². The topological polar surface area (TPSA) is 56.1 Å². The predicted octanol–water partition coefficient (Wildman–Crippen LogP) is 4.61. The maximum atomic E-state index is 12.4. The van der Waals surface area contributed by atoms with Crippen LogP contribution in [0.3, 0.4) is 0 Å². The Morgan fingerprint density at radius 3 is 2.84 bits per heavy atom. The second kappa shape index (κ2) is 7.72. The quantitative estimate of drug-likeness (QED) is 0.656. The maximum Gasteiger partial charge on any atom is 0.257 e. The van der Waals surface area contributed by atoms with Gasteiger partial charge in [0.1, 0.15) is 5.75 Å². The highest BCUT2D eigenvalue weighted by Gasteiger charge is 2.13. The van der Waals surface area contributed by atoms with Crippen molar-refractivity contribution < 1.29 is 9.53 Å². The summed E-state index contributed by atoms with van der Waals surface area (Å²) < 4.78 is 7.54. The number of aromatic nitrogens is 2. The fourth-order valence-electron chi connectivity index (χ4n) is 2.31. The average Bonchev–Trinajstić information content (AvgIpc) is 2.96. The number of carbonyl (C=O) groups is 1. The first-order chi connectivity index (χ1) is 12.1. The van der Waals surface area contributed by atoms with Crippen LogP contribution in [0.1, 0.15) is 15.9 Å². The largest absolute Gasteiger partial charge is 0.497 e. The van der Waals surface area contributed by atoms with Crippen molar-refractivity contribution in [2.24, 2.45) is 0 Å². The molecule has 3 rings (SSSR count). The van der Waals surface area contributed by atoms with E-state index in [1.807, 2.05) is 24.3 Å². The molecule has 0 aliphatic rings. The summed E-state index contributed by atoms with van der Waals surface area (Å²) in [5.41, 5.74) is 1.44. The number of hydrogen-bond acceptors (Lipinski definition) is 3. The number of nitrogens with one attached hydrogen (secondary N) is 1. The van der Waals surface area contributed by atoms with Gasteiger partial charge in [0.2, 0.25) is 0 Å². The third-order valence-corrected chi connectivity index (χ3v) is 4.52. The number of benzene rings is 2. The average molecular weight is 421 g/mol. The Hall–Kier alpha value is -2.31. The molecule has 2 aromatic carbocycles. The second-order valence-electron chi connectivity index (χ2n) is 5.30. The second-order valence-corrected chi connectivity index (χ2v) is 6.56. The van der Waals surface area contributed by atoms with Crippen LogP contribution in [0.4, 0.5) is 5.82 Å². The van der Waals surface area contributed by atoms with Gasteiger partial charge in [0.15, 0.2) is 5.82 Å². The molecule has 5 nitrogen and oxygen atoms in total. The summed E-state index contributed by atoms with van der Waals surface area (Å²) in [5.74, 6) is 0.804. The first kappa shape index (κ1) is 17.5. The lowest BCUT2D eigenvalue weighted by molar-refractivity contribution is 0.102. The van der Waals surface area contributed by atoms with E-state index in [9.17, 15) is 4.79 Å². The van der Waals surface area contributed by atoms with E-state index >= 15 is 0 Å². The van der Waals surface area contributed by atoms with Gasteiger partial charge in [-0.1, -0.05) is 35.9 Å². The van der Waals surface area contributed by atoms with Gasteiger partial charge in [-0.25, -0.2) is 0 Å². The Bertz CT molecular complexity index is 911. The minimum Gasteiger partial charge on any atom is -0.497 e. The Kier molecular flexibility index (Phi) is 5.40. The zero-order valence-electron chi connectivity index (χ0n) is 13.4. The molecule has 0 fully saturated rings. The van der Waals surface area contributed by atoms with Crippen molar-refractivity contribution in [2.75, 3.05) is 12.4 Å². The number of rotatable bonds is 5. The van der Waals surface area contributed by atoms with Crippen LogP contribution in [-0.4, -0.2) is 22.8 Å². The monoisotopic (exact) mass is 419 g/mol. The molecule has 25 heavy (non-hydrogen) atoms. The van der Waals surface area contributed by atoms with Crippen LogP contribution in [0, 0.1) is 0 Å². The molecule has 0 aliphatic heterocycles. The molecule has 0 radical (unpaired) electrons. The number of nitrogens with zero attached hydrogens (tertiary/aromatic N) is 2. The van der Waals surface area contributed by atoms with Crippen molar-refractivity contribution in [3.63, 3.8) is 0 Å². The summed E-state index contributed by atoms with van der Waals surface area (Å²) in [5, 5.41) is 7.87. The lowest BCUT2D eigenvalue weighted by Gasteiger charge is -2.05. The summed E-state index contributed by atoms with van der Waals surface area (Å²) >= 11 is 9.60. The van der Waals surface area contributed by atoms with Gasteiger partial charge in [-0.05, 0) is 45.8 Å². The van der Waals surface area contributed by atoms with Gasteiger partial charge in [-0.2, -0.15) is 5.10 Å². The van der Waals surface area contributed by atoms with Gasteiger partial charge < -0.3 is 10.1 Å². The predicted molar refractivity (Wildman–Crippen MR) is 101 cm³/mol. The molecule has 1 aromatic heterocycles. The van der Waals surface area contributed by atoms with Gasteiger partial charge in [0.25, 0.3) is 5.91 Å². The normalized spacial score (nSPS) is 10.5. The highest BCUT2D eigenvalue weighted by atomic mass is 79.9. The van der Waals surface area contributed by atoms with E-state index in [4.69, 9.17) is 16.3 Å². The minimum atomic E-state index is -0.261. The molecule has 0 unspecified atom stereocenters. The zero-order valence-corrected chi connectivity index (χ0v) is 15.7. The SMILES string of the molecule is COc1cccc(C(=O)Nc2nn(Cc3ccccc3Cl)cc2Br)c1. The Balaban J connectivity index is 1.76. The van der Waals surface area contributed by atoms with E-state index in [-0.39, 0.29) is 5.91 Å². The molecular formula is C18H15BrClN3O2. The molecular weight excluding hydrogens is 406 g/mol. The number of methoxy groups -OCH3 is 1. The molecule has 0 saturated carbocycles. The van der Waals surface area contributed by atoms with Gasteiger partial charge in [0, 0.05) is 16.8 Å². The fourth-order valence-corrected chi connectivity index (χ4v) is 2.92. The molecule has 1 heterocycles. The van der Waals surface area contributed by atoms with Crippen molar-refractivity contribution in [1.29, 1.82) is 0 Å². The fraction of sp³-hybridized carbons (Fsp3) is 0.111. The van der Waals surface area contributed by atoms with Crippen molar-refractivity contribution in [3.8, 4) is 5.75 Å². The molecule has 0 bridgehead atoms. The summed E-state index contributed by atoms with van der Waals surface area (Å²) in [7, 11) is 1.56. The maximum absolute atomic E-state index is 12.4. The molecule has 128 valence electrons. The smallest absolute Gasteiger partial charge is 0.257 e. The summed E-state index contributed by atoms with van der Waals surface area (Å²) in [6, 6.07) is 14.5. The molecule has 7 heteroatoms. The lowest BCUT2D eigenvalue weighted by atomic mass is 10.2. The molecule has 3 aromatic rings. The molecule has 0 saturated heterocycles. The first-order valence-electron chi connectivity index (χ1n) is 7.48. The number of anilines is 1. The summed E-state index contributed by atoms with van der Waals surface area (Å²) in [6.07, 6.45) is 1.80. The third kappa shape index (κ3) is 4.21. The van der Waals surface area contributed by atoms with Crippen molar-refractivity contribution >= 4 is 39.3 Å². The Morgan fingerprint density at radius 1 is 1.28 bits per heavy atom. The van der Waals surface area contributed by atoms with E-state index < -0.39 is 0 Å². The number of hydrogen-bond donors (Lipinski definition) is 1. The van der Waals surface area contributed by atoms with Gasteiger partial charge in [-0.3, -0.25) is 9.48 Å². The van der Waals surface area contributed by atoms with Crippen LogP contribution >= 0.6 is 27.5 Å². The molecule has 1 amide bonds. The van der Waals surface area contributed by atoms with Crippen LogP contribution in [0.5, 0.6) is 5.75 Å². The van der Waals surface area contributed by atoms with E-state index in [0.717, 1.165) is 5.56 Å². The highest BCUT2D eigenvalue weighted by Crippen LogP contribution is 2.23. The Labute approximate surface area is 158 Å². The van der Waals surface area contributed by atoms with Crippen LogP contribution in [0.2, 0.25) is 5.02 Å². The van der Waals surface area contributed by atoms with E-state index in [0.29, 0.717) is 33.2 Å². The number of carbonyl (C=O) groups excluding carboxylic acids is 1. The van der Waals surface area contributed by atoms with Crippen LogP contribution < -0.4 is 10.1 Å². The van der Waals surface area contributed by atoms with Gasteiger partial charge in [-0.15, -0.1) is 0 Å². The summed E-state index contributed by atoms with van der Waals surface area (Å²) in [6.45, 7) is 0.507. The van der Waals surface area contributed by atoms with Crippen molar-refractivity contribution in [3.05, 3.63) is 75.4 Å². The van der Waals surface area contributed by atoms with Crippen LogP contribution in [0.25, 0.3) is 0 Å². The highest BCUT2D eigenvalue weighted by molar-refractivity contribution is 9.10. The molecule has 0 spiro atoms. The van der Waals surface area contributed by atoms with E-state index in [2.05, 4.69) is 26.3 Å².